The van der Waals surface area contributed by atoms with Crippen LogP contribution in [0.1, 0.15) is 49.2 Å². The molecule has 0 radical (unpaired) electrons. The second-order valence-corrected chi connectivity index (χ2v) is 16.8. The molecule has 1 aromatic heterocycles. The summed E-state index contributed by atoms with van der Waals surface area (Å²) in [7, 11) is -0.651. The number of anilines is 5. The first-order valence-corrected chi connectivity index (χ1v) is 21.2. The summed E-state index contributed by atoms with van der Waals surface area (Å²) in [6.07, 6.45) is 8.30. The molecule has 0 bridgehead atoms. The van der Waals surface area contributed by atoms with Crippen molar-refractivity contribution in [1.82, 2.24) is 10.3 Å². The molecule has 0 aliphatic heterocycles. The summed E-state index contributed by atoms with van der Waals surface area (Å²) in [6, 6.07) is 21.9. The SMILES string of the molecule is C#Cc1ccc(Nc2cc(Oc3ccc(NC(=O)Nc4cc(C(C)(C)C)cc(NS(C)(=O)=O)c4OC)c4ccccc34)ccn2)c(C(=O)N[C@@H](C)COCCOCCOC)c1. The predicted octanol–water partition coefficient (Wildman–Crippen LogP) is 7.87. The minimum atomic E-state index is -3.66. The van der Waals surface area contributed by atoms with Gasteiger partial charge in [0.15, 0.2) is 5.75 Å². The number of methoxy groups -OCH3 is 2. The van der Waals surface area contributed by atoms with Crippen LogP contribution in [-0.4, -0.2) is 84.9 Å². The van der Waals surface area contributed by atoms with Crippen LogP contribution in [0.15, 0.2) is 85.1 Å². The number of pyridine rings is 1. The van der Waals surface area contributed by atoms with Crippen LogP contribution in [0.5, 0.6) is 17.2 Å². The lowest BCUT2D eigenvalue weighted by molar-refractivity contribution is 0.0205. The quantitative estimate of drug-likeness (QED) is 0.0402. The van der Waals surface area contributed by atoms with Gasteiger partial charge in [0.25, 0.3) is 5.91 Å². The fourth-order valence-corrected chi connectivity index (χ4v) is 6.65. The molecule has 61 heavy (non-hydrogen) atoms. The Hall–Kier alpha value is -6.38. The third kappa shape index (κ3) is 13.1. The first kappa shape index (κ1) is 45.7. The van der Waals surface area contributed by atoms with Crippen LogP contribution in [0.2, 0.25) is 0 Å². The maximum Gasteiger partial charge on any atom is 0.323 e. The summed E-state index contributed by atoms with van der Waals surface area (Å²) in [4.78, 5) is 31.5. The summed E-state index contributed by atoms with van der Waals surface area (Å²) in [6.45, 7) is 9.82. The van der Waals surface area contributed by atoms with Crippen LogP contribution in [0.25, 0.3) is 10.8 Å². The number of amides is 3. The van der Waals surface area contributed by atoms with Crippen molar-refractivity contribution in [3.8, 4) is 29.6 Å². The molecule has 5 rings (SSSR count). The monoisotopic (exact) mass is 852 g/mol. The zero-order valence-corrected chi connectivity index (χ0v) is 36.1. The van der Waals surface area contributed by atoms with Gasteiger partial charge < -0.3 is 45.0 Å². The van der Waals surface area contributed by atoms with Crippen molar-refractivity contribution in [2.45, 2.75) is 39.2 Å². The summed E-state index contributed by atoms with van der Waals surface area (Å²) in [5.41, 5.74) is 2.69. The number of rotatable bonds is 19. The Morgan fingerprint density at radius 1 is 0.836 bits per heavy atom. The molecular weight excluding hydrogens is 801 g/mol. The molecule has 16 heteroatoms. The Bertz CT molecular complexity index is 2500. The second-order valence-electron chi connectivity index (χ2n) is 15.0. The van der Waals surface area contributed by atoms with E-state index in [4.69, 9.17) is 30.1 Å². The van der Waals surface area contributed by atoms with Crippen molar-refractivity contribution < 1.29 is 41.7 Å². The van der Waals surface area contributed by atoms with Crippen molar-refractivity contribution in [1.29, 1.82) is 0 Å². The Morgan fingerprint density at radius 3 is 2.23 bits per heavy atom. The number of fused-ring (bicyclic) bond motifs is 1. The highest BCUT2D eigenvalue weighted by Crippen LogP contribution is 2.40. The molecule has 15 nitrogen and oxygen atoms in total. The molecule has 1 atom stereocenters. The van der Waals surface area contributed by atoms with Crippen LogP contribution >= 0.6 is 0 Å². The van der Waals surface area contributed by atoms with Crippen LogP contribution in [-0.2, 0) is 29.6 Å². The van der Waals surface area contributed by atoms with Gasteiger partial charge in [-0.3, -0.25) is 9.52 Å². The van der Waals surface area contributed by atoms with Crippen molar-refractivity contribution in [3.63, 3.8) is 0 Å². The lowest BCUT2D eigenvalue weighted by atomic mass is 9.86. The van der Waals surface area contributed by atoms with Crippen LogP contribution < -0.4 is 35.5 Å². The molecule has 5 N–H and O–H groups in total. The zero-order valence-electron chi connectivity index (χ0n) is 35.3. The van der Waals surface area contributed by atoms with E-state index in [1.165, 1.54) is 7.11 Å². The number of nitrogens with zero attached hydrogens (tertiary/aromatic N) is 1. The third-order valence-electron chi connectivity index (χ3n) is 9.04. The number of carbonyl (C=O) groups excluding carboxylic acids is 2. The van der Waals surface area contributed by atoms with Crippen LogP contribution in [0, 0.1) is 12.3 Å². The Balaban J connectivity index is 1.31. The minimum absolute atomic E-state index is 0.157. The van der Waals surface area contributed by atoms with Gasteiger partial charge >= 0.3 is 6.03 Å². The topological polar surface area (TPSA) is 187 Å². The van der Waals surface area contributed by atoms with Crippen LogP contribution in [0.4, 0.5) is 33.4 Å². The van der Waals surface area contributed by atoms with E-state index in [9.17, 15) is 18.0 Å². The largest absolute Gasteiger partial charge is 0.492 e. The standard InChI is InChI=1S/C45H52N6O9S/c1-9-30-14-15-37(35(24-30)43(52)47-29(2)28-59-23-22-58-21-20-56-6)48-41-27-32(18-19-46-41)60-40-17-16-36(33-12-10-11-13-34(33)40)49-44(53)50-38-25-31(45(3,4)5)26-39(42(38)57-7)51-61(8,54)55/h1,10-19,24-27,29,51H,20-23,28H2,2-8H3,(H,46,48)(H,47,52)(H2,49,50,53)/t29-/m0/s1. The molecule has 4 aromatic carbocycles. The van der Waals surface area contributed by atoms with Crippen molar-refractivity contribution in [3.05, 3.63) is 102 Å². The lowest BCUT2D eigenvalue weighted by Crippen LogP contribution is -2.36. The van der Waals surface area contributed by atoms with Gasteiger partial charge in [-0.15, -0.1) is 6.42 Å². The van der Waals surface area contributed by atoms with Gasteiger partial charge in [0, 0.05) is 41.8 Å². The lowest BCUT2D eigenvalue weighted by Gasteiger charge is -2.24. The highest BCUT2D eigenvalue weighted by molar-refractivity contribution is 7.92. The number of nitrogens with one attached hydrogen (secondary N) is 5. The molecule has 3 amide bonds. The summed E-state index contributed by atoms with van der Waals surface area (Å²) in [5.74, 6) is 3.76. The van der Waals surface area contributed by atoms with E-state index in [-0.39, 0.29) is 41.1 Å². The van der Waals surface area contributed by atoms with Gasteiger partial charge in [0.05, 0.1) is 74.7 Å². The molecule has 0 fully saturated rings. The Morgan fingerprint density at radius 2 is 1.52 bits per heavy atom. The Kier molecular flexibility index (Phi) is 15.5. The predicted molar refractivity (Wildman–Crippen MR) is 239 cm³/mol. The number of carbonyl (C=O) groups is 2. The fraction of sp³-hybridized carbons (Fsp3) is 0.311. The number of hydrogen-bond acceptors (Lipinski definition) is 11. The van der Waals surface area contributed by atoms with E-state index in [1.807, 2.05) is 52.0 Å². The van der Waals surface area contributed by atoms with E-state index in [0.29, 0.717) is 77.0 Å². The molecule has 0 saturated heterocycles. The molecule has 0 saturated carbocycles. The van der Waals surface area contributed by atoms with Gasteiger partial charge in [-0.2, -0.15) is 0 Å². The number of ether oxygens (including phenoxy) is 5. The van der Waals surface area contributed by atoms with Gasteiger partial charge in [0.2, 0.25) is 10.0 Å². The van der Waals surface area contributed by atoms with Gasteiger partial charge in [-0.25, -0.2) is 18.2 Å². The van der Waals surface area contributed by atoms with Crippen molar-refractivity contribution >= 4 is 61.3 Å². The first-order chi connectivity index (χ1) is 29.1. The molecule has 5 aromatic rings. The van der Waals surface area contributed by atoms with Crippen LogP contribution in [0.3, 0.4) is 0 Å². The summed E-state index contributed by atoms with van der Waals surface area (Å²) >= 11 is 0. The summed E-state index contributed by atoms with van der Waals surface area (Å²) < 4.78 is 54.9. The van der Waals surface area contributed by atoms with Gasteiger partial charge in [-0.1, -0.05) is 51.0 Å². The molecule has 0 spiro atoms. The molecule has 0 aliphatic rings. The fourth-order valence-electron chi connectivity index (χ4n) is 6.10. The molecule has 1 heterocycles. The molecule has 0 unspecified atom stereocenters. The number of benzene rings is 4. The molecular formula is C45H52N6O9S. The van der Waals surface area contributed by atoms with Gasteiger partial charge in [0.1, 0.15) is 17.3 Å². The van der Waals surface area contributed by atoms with E-state index in [0.717, 1.165) is 11.8 Å². The smallest absolute Gasteiger partial charge is 0.323 e. The number of urea groups is 1. The highest BCUT2D eigenvalue weighted by Gasteiger charge is 2.23. The number of hydrogen-bond donors (Lipinski definition) is 5. The van der Waals surface area contributed by atoms with E-state index in [2.05, 4.69) is 36.9 Å². The zero-order chi connectivity index (χ0) is 44.2. The summed E-state index contributed by atoms with van der Waals surface area (Å²) in [5, 5.41) is 13.3. The third-order valence-corrected chi connectivity index (χ3v) is 9.63. The number of terminal acetylenes is 1. The molecule has 0 aliphatic carbocycles. The molecule has 322 valence electrons. The average Bonchev–Trinajstić information content (AvgIpc) is 3.20. The maximum atomic E-state index is 13.6. The maximum absolute atomic E-state index is 13.6. The van der Waals surface area contributed by atoms with E-state index < -0.39 is 16.1 Å². The Labute approximate surface area is 356 Å². The van der Waals surface area contributed by atoms with Crippen molar-refractivity contribution in [2.75, 3.05) is 74.2 Å². The van der Waals surface area contributed by atoms with E-state index in [1.54, 1.807) is 67.9 Å². The first-order valence-electron chi connectivity index (χ1n) is 19.4. The van der Waals surface area contributed by atoms with E-state index >= 15 is 0 Å². The number of sulfonamides is 1. The highest BCUT2D eigenvalue weighted by atomic mass is 32.2. The van der Waals surface area contributed by atoms with Gasteiger partial charge in [-0.05, 0) is 66.4 Å². The second kappa shape index (κ2) is 20.7. The average molecular weight is 853 g/mol. The number of aromatic nitrogens is 1. The normalized spacial score (nSPS) is 11.9. The minimum Gasteiger partial charge on any atom is -0.492 e. The van der Waals surface area contributed by atoms with Crippen molar-refractivity contribution in [2.24, 2.45) is 0 Å².